The number of carbonyl (C=O) groups is 2. The molecule has 0 heterocycles. The van der Waals surface area contributed by atoms with Gasteiger partial charge in [0.1, 0.15) is 5.92 Å². The molecule has 0 aromatic rings. The predicted octanol–water partition coefficient (Wildman–Crippen LogP) is 1.94. The molecule has 1 atom stereocenters. The lowest BCUT2D eigenvalue weighted by Gasteiger charge is -2.23. The molecule has 0 aromatic carbocycles. The second-order valence-electron chi connectivity index (χ2n) is 4.57. The van der Waals surface area contributed by atoms with E-state index in [9.17, 15) is 9.59 Å². The van der Waals surface area contributed by atoms with Crippen molar-refractivity contribution >= 4 is 11.8 Å². The highest BCUT2D eigenvalue weighted by Gasteiger charge is 2.39. The molecule has 1 aliphatic rings. The fraction of sp³-hybridized carbons (Fsp3) is 0.818. The highest BCUT2D eigenvalue weighted by molar-refractivity contribution is 6.01. The van der Waals surface area contributed by atoms with E-state index in [1.54, 1.807) is 0 Å². The van der Waals surface area contributed by atoms with E-state index in [2.05, 4.69) is 4.74 Å². The third kappa shape index (κ3) is 2.14. The summed E-state index contributed by atoms with van der Waals surface area (Å²) in [4.78, 5) is 23.3. The summed E-state index contributed by atoms with van der Waals surface area (Å²) in [6.45, 7) is 3.83. The molecule has 3 heteroatoms. The molecular weight excluding hydrogens is 180 g/mol. The normalized spacial score (nSPS) is 26.8. The van der Waals surface area contributed by atoms with E-state index in [4.69, 9.17) is 0 Å². The Kier molecular flexibility index (Phi) is 3.29. The number of ether oxygens (including phenoxy) is 1. The third-order valence-corrected chi connectivity index (χ3v) is 3.01. The van der Waals surface area contributed by atoms with Crippen LogP contribution in [0.25, 0.3) is 0 Å². The summed E-state index contributed by atoms with van der Waals surface area (Å²) in [5.41, 5.74) is -0.366. The van der Waals surface area contributed by atoms with Gasteiger partial charge >= 0.3 is 5.97 Å². The van der Waals surface area contributed by atoms with E-state index in [1.165, 1.54) is 7.11 Å². The highest BCUT2D eigenvalue weighted by Crippen LogP contribution is 2.34. The molecule has 14 heavy (non-hydrogen) atoms. The predicted molar refractivity (Wildman–Crippen MR) is 52.8 cm³/mol. The van der Waals surface area contributed by atoms with E-state index in [0.29, 0.717) is 6.42 Å². The maximum absolute atomic E-state index is 12.0. The van der Waals surface area contributed by atoms with Crippen LogP contribution in [-0.4, -0.2) is 18.9 Å². The molecule has 0 radical (unpaired) electrons. The Morgan fingerprint density at radius 2 is 2.07 bits per heavy atom. The third-order valence-electron chi connectivity index (χ3n) is 3.01. The van der Waals surface area contributed by atoms with Crippen LogP contribution in [0.15, 0.2) is 0 Å². The molecule has 80 valence electrons. The zero-order valence-corrected chi connectivity index (χ0v) is 9.13. The van der Waals surface area contributed by atoms with E-state index in [1.807, 2.05) is 13.8 Å². The van der Waals surface area contributed by atoms with Crippen molar-refractivity contribution in [3.05, 3.63) is 0 Å². The summed E-state index contributed by atoms with van der Waals surface area (Å²) in [6, 6.07) is 0. The first-order chi connectivity index (χ1) is 6.49. The van der Waals surface area contributed by atoms with Gasteiger partial charge in [-0.05, 0) is 12.8 Å². The van der Waals surface area contributed by atoms with Gasteiger partial charge < -0.3 is 4.74 Å². The van der Waals surface area contributed by atoms with Crippen molar-refractivity contribution in [2.24, 2.45) is 11.3 Å². The minimum Gasteiger partial charge on any atom is -0.468 e. The van der Waals surface area contributed by atoms with Crippen molar-refractivity contribution in [3.8, 4) is 0 Å². The van der Waals surface area contributed by atoms with Crippen LogP contribution in [-0.2, 0) is 14.3 Å². The zero-order chi connectivity index (χ0) is 10.8. The second-order valence-corrected chi connectivity index (χ2v) is 4.57. The maximum Gasteiger partial charge on any atom is 0.316 e. The molecule has 0 aromatic heterocycles. The van der Waals surface area contributed by atoms with Crippen molar-refractivity contribution in [3.63, 3.8) is 0 Å². The Balaban J connectivity index is 2.84. The van der Waals surface area contributed by atoms with Crippen molar-refractivity contribution in [2.45, 2.75) is 39.5 Å². The van der Waals surface area contributed by atoms with E-state index >= 15 is 0 Å². The van der Waals surface area contributed by atoms with Crippen LogP contribution in [0, 0.1) is 11.3 Å². The molecule has 0 bridgehead atoms. The molecule has 0 N–H and O–H groups in total. The van der Waals surface area contributed by atoms with Gasteiger partial charge in [0.2, 0.25) is 0 Å². The first kappa shape index (κ1) is 11.2. The van der Waals surface area contributed by atoms with Gasteiger partial charge in [-0.1, -0.05) is 26.7 Å². The van der Waals surface area contributed by atoms with Crippen LogP contribution >= 0.6 is 0 Å². The van der Waals surface area contributed by atoms with Gasteiger partial charge in [-0.25, -0.2) is 0 Å². The Morgan fingerprint density at radius 1 is 1.43 bits per heavy atom. The Hall–Kier alpha value is -0.860. The van der Waals surface area contributed by atoms with E-state index in [0.717, 1.165) is 19.3 Å². The second kappa shape index (κ2) is 4.11. The number of carbonyl (C=O) groups excluding carboxylic acids is 2. The lowest BCUT2D eigenvalue weighted by atomic mass is 9.80. The summed E-state index contributed by atoms with van der Waals surface area (Å²) in [5.74, 6) is -0.857. The Bertz CT molecular complexity index is 243. The summed E-state index contributed by atoms with van der Waals surface area (Å²) < 4.78 is 4.65. The number of methoxy groups -OCH3 is 1. The van der Waals surface area contributed by atoms with Crippen LogP contribution in [0.1, 0.15) is 39.5 Å². The fourth-order valence-electron chi connectivity index (χ4n) is 2.01. The molecule has 1 rings (SSSR count). The highest BCUT2D eigenvalue weighted by atomic mass is 16.5. The summed E-state index contributed by atoms with van der Waals surface area (Å²) in [7, 11) is 1.34. The minimum absolute atomic E-state index is 0.0434. The van der Waals surface area contributed by atoms with Crippen LogP contribution in [0.4, 0.5) is 0 Å². The average Bonchev–Trinajstić information content (AvgIpc) is 2.27. The molecule has 1 fully saturated rings. The summed E-state index contributed by atoms with van der Waals surface area (Å²) in [6.07, 6.45) is 3.48. The molecule has 1 saturated carbocycles. The van der Waals surface area contributed by atoms with Gasteiger partial charge in [0.05, 0.1) is 7.11 Å². The van der Waals surface area contributed by atoms with Crippen molar-refractivity contribution < 1.29 is 14.3 Å². The lowest BCUT2D eigenvalue weighted by molar-refractivity contribution is -0.151. The largest absolute Gasteiger partial charge is 0.468 e. The lowest BCUT2D eigenvalue weighted by Crippen LogP contribution is -2.34. The average molecular weight is 198 g/mol. The summed E-state index contributed by atoms with van der Waals surface area (Å²) >= 11 is 0. The van der Waals surface area contributed by atoms with Gasteiger partial charge in [-0.2, -0.15) is 0 Å². The monoisotopic (exact) mass is 198 g/mol. The number of rotatable bonds is 1. The number of esters is 1. The number of hydrogen-bond donors (Lipinski definition) is 0. The van der Waals surface area contributed by atoms with Gasteiger partial charge in [-0.15, -0.1) is 0 Å². The molecule has 0 aliphatic heterocycles. The minimum atomic E-state index is -0.530. The van der Waals surface area contributed by atoms with E-state index in [-0.39, 0.29) is 17.2 Å². The molecule has 0 amide bonds. The Labute approximate surface area is 84.8 Å². The molecule has 1 aliphatic carbocycles. The van der Waals surface area contributed by atoms with Crippen LogP contribution in [0.3, 0.4) is 0 Å². The fourth-order valence-corrected chi connectivity index (χ4v) is 2.01. The van der Waals surface area contributed by atoms with Gasteiger partial charge in [0.15, 0.2) is 5.78 Å². The first-order valence-corrected chi connectivity index (χ1v) is 5.11. The number of hydrogen-bond acceptors (Lipinski definition) is 3. The molecule has 3 nitrogen and oxygen atoms in total. The number of ketones is 1. The maximum atomic E-state index is 12.0. The van der Waals surface area contributed by atoms with Crippen molar-refractivity contribution in [1.82, 2.24) is 0 Å². The quantitative estimate of drug-likeness (QED) is 0.367. The first-order valence-electron chi connectivity index (χ1n) is 5.11. The molecule has 0 saturated heterocycles. The van der Waals surface area contributed by atoms with Crippen LogP contribution in [0.2, 0.25) is 0 Å². The molecular formula is C11H18O3. The van der Waals surface area contributed by atoms with Gasteiger partial charge in [-0.3, -0.25) is 9.59 Å². The van der Waals surface area contributed by atoms with E-state index < -0.39 is 5.92 Å². The molecule has 0 spiro atoms. The van der Waals surface area contributed by atoms with Gasteiger partial charge in [0, 0.05) is 5.41 Å². The smallest absolute Gasteiger partial charge is 0.316 e. The topological polar surface area (TPSA) is 43.4 Å². The Morgan fingerprint density at radius 3 is 2.64 bits per heavy atom. The van der Waals surface area contributed by atoms with Crippen molar-refractivity contribution in [1.29, 1.82) is 0 Å². The van der Waals surface area contributed by atoms with Crippen LogP contribution < -0.4 is 0 Å². The zero-order valence-electron chi connectivity index (χ0n) is 9.13. The standard InChI is InChI=1S/C11H18O3/c1-11(2)7-5-4-6-8(9(11)12)10(13)14-3/h8H,4-7H2,1-3H3. The van der Waals surface area contributed by atoms with Crippen LogP contribution in [0.5, 0.6) is 0 Å². The van der Waals surface area contributed by atoms with Gasteiger partial charge in [0.25, 0.3) is 0 Å². The van der Waals surface area contributed by atoms with Crippen molar-refractivity contribution in [2.75, 3.05) is 7.11 Å². The SMILES string of the molecule is COC(=O)C1CCCCC(C)(C)C1=O. The number of Topliss-reactive ketones (excluding diaryl/α,β-unsaturated/α-hetero) is 1. The summed E-state index contributed by atoms with van der Waals surface area (Å²) in [5, 5.41) is 0. The molecule has 1 unspecified atom stereocenters.